The number of rotatable bonds is 7. The molecule has 1 aromatic carbocycles. The van der Waals surface area contributed by atoms with Crippen molar-refractivity contribution in [1.29, 1.82) is 0 Å². The molecule has 1 rings (SSSR count). The molecule has 0 saturated carbocycles. The van der Waals surface area contributed by atoms with Crippen LogP contribution in [0.1, 0.15) is 17.3 Å². The number of nitrogens with zero attached hydrogens (tertiary/aromatic N) is 2. The van der Waals surface area contributed by atoms with Crippen LogP contribution in [0.3, 0.4) is 0 Å². The van der Waals surface area contributed by atoms with Crippen molar-refractivity contribution >= 4 is 17.6 Å². The van der Waals surface area contributed by atoms with Gasteiger partial charge in [-0.2, -0.15) is 5.11 Å². The number of methoxy groups -OCH3 is 2. The van der Waals surface area contributed by atoms with E-state index in [0.717, 1.165) is 7.11 Å². The number of ether oxygens (including phenoxy) is 3. The van der Waals surface area contributed by atoms with Crippen molar-refractivity contribution in [3.05, 3.63) is 41.3 Å². The zero-order valence-corrected chi connectivity index (χ0v) is 13.1. The van der Waals surface area contributed by atoms with Crippen molar-refractivity contribution in [3.8, 4) is 0 Å². The molecule has 0 aliphatic heterocycles. The lowest BCUT2D eigenvalue weighted by Crippen LogP contribution is -2.08. The Bertz CT molecular complexity index is 607. The van der Waals surface area contributed by atoms with Crippen LogP contribution in [0.4, 0.5) is 5.69 Å². The van der Waals surface area contributed by atoms with Crippen LogP contribution in [0.2, 0.25) is 0 Å². The summed E-state index contributed by atoms with van der Waals surface area (Å²) in [6, 6.07) is 6.09. The summed E-state index contributed by atoms with van der Waals surface area (Å²) < 4.78 is 14.1. The Morgan fingerprint density at radius 2 is 1.83 bits per heavy atom. The lowest BCUT2D eigenvalue weighted by molar-refractivity contribution is -0.136. The van der Waals surface area contributed by atoms with E-state index in [1.807, 2.05) is 0 Å². The van der Waals surface area contributed by atoms with Gasteiger partial charge in [0.1, 0.15) is 6.61 Å². The van der Waals surface area contributed by atoms with Gasteiger partial charge in [0, 0.05) is 7.11 Å². The number of hydrogen-bond donors (Lipinski definition) is 1. The highest BCUT2D eigenvalue weighted by Gasteiger charge is 2.15. The quantitative estimate of drug-likeness (QED) is 0.358. The van der Waals surface area contributed by atoms with E-state index in [9.17, 15) is 14.7 Å². The summed E-state index contributed by atoms with van der Waals surface area (Å²) in [5, 5.41) is 17.2. The van der Waals surface area contributed by atoms with E-state index in [1.165, 1.54) is 31.4 Å². The largest absolute Gasteiger partial charge is 0.507 e. The molecule has 0 saturated heterocycles. The predicted octanol–water partition coefficient (Wildman–Crippen LogP) is 2.54. The van der Waals surface area contributed by atoms with Crippen molar-refractivity contribution in [1.82, 2.24) is 0 Å². The van der Waals surface area contributed by atoms with Gasteiger partial charge in [0.05, 0.1) is 25.0 Å². The molecule has 0 aliphatic rings. The third-order valence-corrected chi connectivity index (χ3v) is 2.58. The van der Waals surface area contributed by atoms with Crippen molar-refractivity contribution in [3.63, 3.8) is 0 Å². The zero-order valence-electron chi connectivity index (χ0n) is 13.1. The van der Waals surface area contributed by atoms with E-state index in [-0.39, 0.29) is 18.9 Å². The first-order valence-corrected chi connectivity index (χ1v) is 6.71. The number of hydrogen-bond acceptors (Lipinski definition) is 8. The average molecular weight is 322 g/mol. The highest BCUT2D eigenvalue weighted by molar-refractivity contribution is 5.90. The van der Waals surface area contributed by atoms with E-state index in [4.69, 9.17) is 9.47 Å². The fraction of sp³-hybridized carbons (Fsp3) is 0.333. The van der Waals surface area contributed by atoms with Gasteiger partial charge >= 0.3 is 11.9 Å². The van der Waals surface area contributed by atoms with Gasteiger partial charge in [-0.3, -0.25) is 0 Å². The summed E-state index contributed by atoms with van der Waals surface area (Å²) in [6.07, 6.45) is 0. The van der Waals surface area contributed by atoms with Gasteiger partial charge in [-0.25, -0.2) is 9.59 Å². The number of aliphatic hydroxyl groups excluding tert-OH is 1. The number of carbonyl (C=O) groups excluding carboxylic acids is 2. The van der Waals surface area contributed by atoms with Crippen LogP contribution in [0.15, 0.2) is 46.0 Å². The molecule has 0 spiro atoms. The molecule has 0 radical (unpaired) electrons. The van der Waals surface area contributed by atoms with E-state index in [2.05, 4.69) is 15.0 Å². The van der Waals surface area contributed by atoms with Crippen LogP contribution < -0.4 is 0 Å². The smallest absolute Gasteiger partial charge is 0.362 e. The molecule has 1 aromatic rings. The Labute approximate surface area is 133 Å². The van der Waals surface area contributed by atoms with Crippen molar-refractivity contribution in [2.75, 3.05) is 27.4 Å². The molecular formula is C15H18N2O6. The molecule has 0 amide bonds. The number of benzene rings is 1. The first-order valence-electron chi connectivity index (χ1n) is 6.71. The maximum absolute atomic E-state index is 11.6. The fourth-order valence-electron chi connectivity index (χ4n) is 1.50. The van der Waals surface area contributed by atoms with Crippen molar-refractivity contribution in [2.45, 2.75) is 6.92 Å². The molecule has 124 valence electrons. The topological polar surface area (TPSA) is 107 Å². The predicted molar refractivity (Wildman–Crippen MR) is 80.5 cm³/mol. The molecule has 8 heteroatoms. The molecule has 0 aliphatic carbocycles. The van der Waals surface area contributed by atoms with Gasteiger partial charge in [0.2, 0.25) is 5.70 Å². The lowest BCUT2D eigenvalue weighted by Gasteiger charge is -2.03. The Kier molecular flexibility index (Phi) is 7.41. The maximum Gasteiger partial charge on any atom is 0.362 e. The molecule has 0 aromatic heterocycles. The zero-order chi connectivity index (χ0) is 17.2. The molecule has 0 heterocycles. The third kappa shape index (κ3) is 5.51. The highest BCUT2D eigenvalue weighted by atomic mass is 16.5. The lowest BCUT2D eigenvalue weighted by atomic mass is 10.2. The summed E-state index contributed by atoms with van der Waals surface area (Å²) in [6.45, 7) is 1.80. The van der Waals surface area contributed by atoms with Gasteiger partial charge in [0.15, 0.2) is 5.76 Å². The van der Waals surface area contributed by atoms with Crippen LogP contribution >= 0.6 is 0 Å². The van der Waals surface area contributed by atoms with E-state index in [1.54, 1.807) is 6.92 Å². The first-order chi connectivity index (χ1) is 11.0. The van der Waals surface area contributed by atoms with E-state index >= 15 is 0 Å². The van der Waals surface area contributed by atoms with Gasteiger partial charge in [-0.1, -0.05) is 0 Å². The first kappa shape index (κ1) is 18.3. The molecule has 0 atom stereocenters. The normalized spacial score (nSPS) is 12.0. The van der Waals surface area contributed by atoms with Gasteiger partial charge < -0.3 is 19.3 Å². The summed E-state index contributed by atoms with van der Waals surface area (Å²) in [4.78, 5) is 23.1. The Morgan fingerprint density at radius 3 is 2.35 bits per heavy atom. The Morgan fingerprint density at radius 1 is 1.17 bits per heavy atom. The van der Waals surface area contributed by atoms with Crippen LogP contribution in [0.5, 0.6) is 0 Å². The molecule has 8 nitrogen and oxygen atoms in total. The summed E-state index contributed by atoms with van der Waals surface area (Å²) in [5.41, 5.74) is 0.394. The van der Waals surface area contributed by atoms with Crippen molar-refractivity contribution < 1.29 is 28.9 Å². The molecule has 23 heavy (non-hydrogen) atoms. The minimum absolute atomic E-state index is 0.203. The summed E-state index contributed by atoms with van der Waals surface area (Å²) in [7, 11) is 2.52. The van der Waals surface area contributed by atoms with Crippen LogP contribution in [-0.2, 0) is 19.0 Å². The van der Waals surface area contributed by atoms with Gasteiger partial charge in [-0.05, 0) is 31.2 Å². The summed E-state index contributed by atoms with van der Waals surface area (Å²) in [5.74, 6) is -1.68. The molecule has 0 unspecified atom stereocenters. The fourth-order valence-corrected chi connectivity index (χ4v) is 1.50. The van der Waals surface area contributed by atoms with Crippen LogP contribution in [0, 0.1) is 0 Å². The van der Waals surface area contributed by atoms with Crippen molar-refractivity contribution in [2.24, 2.45) is 10.2 Å². The van der Waals surface area contributed by atoms with Gasteiger partial charge in [0.25, 0.3) is 0 Å². The minimum Gasteiger partial charge on any atom is -0.507 e. The molecule has 0 fully saturated rings. The SMILES string of the molecule is CCOC(=O)c1ccc(N=N/C(C(=O)OC)=C(/O)COC)cc1. The van der Waals surface area contributed by atoms with E-state index in [0.29, 0.717) is 11.3 Å². The standard InChI is InChI=1S/C15H18N2O6/c1-4-23-14(19)10-5-7-11(8-6-10)16-17-13(15(20)22-3)12(18)9-21-2/h5-8,18H,4,9H2,1-3H3/b13-12+,17-16?. The van der Waals surface area contributed by atoms with Crippen LogP contribution in [0.25, 0.3) is 0 Å². The number of carbonyl (C=O) groups is 2. The third-order valence-electron chi connectivity index (χ3n) is 2.58. The second-order valence-electron chi connectivity index (χ2n) is 4.19. The second-order valence-corrected chi connectivity index (χ2v) is 4.19. The number of azo groups is 1. The monoisotopic (exact) mass is 322 g/mol. The number of esters is 2. The maximum atomic E-state index is 11.6. The Hall–Kier alpha value is -2.74. The average Bonchev–Trinajstić information content (AvgIpc) is 2.55. The highest BCUT2D eigenvalue weighted by Crippen LogP contribution is 2.17. The molecule has 0 bridgehead atoms. The Balaban J connectivity index is 2.95. The number of aliphatic hydroxyl groups is 1. The second kappa shape index (κ2) is 9.31. The molecular weight excluding hydrogens is 304 g/mol. The minimum atomic E-state index is -0.841. The van der Waals surface area contributed by atoms with E-state index < -0.39 is 17.7 Å². The summed E-state index contributed by atoms with van der Waals surface area (Å²) >= 11 is 0. The van der Waals surface area contributed by atoms with Gasteiger partial charge in [-0.15, -0.1) is 5.11 Å². The molecule has 1 N–H and O–H groups in total. The van der Waals surface area contributed by atoms with Crippen LogP contribution in [-0.4, -0.2) is 44.5 Å².